The van der Waals surface area contributed by atoms with Crippen LogP contribution < -0.4 is 10.6 Å². The smallest absolute Gasteiger partial charge is 0.191 e. The van der Waals surface area contributed by atoms with Crippen molar-refractivity contribution >= 4 is 5.96 Å². The lowest BCUT2D eigenvalue weighted by molar-refractivity contribution is 0.139. The maximum atomic E-state index is 4.80. The topological polar surface area (TPSA) is 54.2 Å². The molecule has 0 bridgehead atoms. The quantitative estimate of drug-likeness (QED) is 0.441. The van der Waals surface area contributed by atoms with Gasteiger partial charge in [0.05, 0.1) is 6.20 Å². The molecular weight excluding hydrogens is 274 g/mol. The highest BCUT2D eigenvalue weighted by Gasteiger charge is 2.34. The van der Waals surface area contributed by atoms with E-state index in [1.165, 1.54) is 31.2 Å². The molecule has 1 fully saturated rings. The van der Waals surface area contributed by atoms with E-state index in [1.54, 1.807) is 0 Å². The first kappa shape index (κ1) is 16.8. The van der Waals surface area contributed by atoms with Gasteiger partial charge in [0.2, 0.25) is 0 Å². The van der Waals surface area contributed by atoms with Gasteiger partial charge in [0.15, 0.2) is 5.96 Å². The van der Waals surface area contributed by atoms with Gasteiger partial charge >= 0.3 is 0 Å². The molecule has 0 aromatic carbocycles. The van der Waals surface area contributed by atoms with Crippen LogP contribution in [0, 0.1) is 12.3 Å². The van der Waals surface area contributed by atoms with Crippen LogP contribution in [-0.2, 0) is 6.54 Å². The van der Waals surface area contributed by atoms with Gasteiger partial charge in [-0.1, -0.05) is 13.3 Å². The summed E-state index contributed by atoms with van der Waals surface area (Å²) >= 11 is 0. The number of guanidine groups is 1. The van der Waals surface area contributed by atoms with E-state index in [-0.39, 0.29) is 0 Å². The molecule has 1 aromatic rings. The fraction of sp³-hybridized carbons (Fsp3) is 0.765. The Morgan fingerprint density at radius 1 is 1.36 bits per heavy atom. The molecular formula is C17H31N5. The van der Waals surface area contributed by atoms with Gasteiger partial charge in [-0.05, 0) is 50.5 Å². The molecule has 2 N–H and O–H groups in total. The minimum absolute atomic E-state index is 0.481. The largest absolute Gasteiger partial charge is 0.357 e. The Balaban J connectivity index is 1.73. The summed E-state index contributed by atoms with van der Waals surface area (Å²) in [5.41, 5.74) is 1.70. The van der Waals surface area contributed by atoms with E-state index >= 15 is 0 Å². The zero-order valence-electron chi connectivity index (χ0n) is 14.4. The second-order valence-corrected chi connectivity index (χ2v) is 6.46. The van der Waals surface area contributed by atoms with Gasteiger partial charge in [-0.25, -0.2) is 0 Å². The molecule has 0 spiro atoms. The number of aryl methyl sites for hydroxylation is 2. The number of hydrogen-bond acceptors (Lipinski definition) is 2. The average molecular weight is 305 g/mol. The molecule has 5 nitrogen and oxygen atoms in total. The van der Waals surface area contributed by atoms with Crippen molar-refractivity contribution in [3.8, 4) is 0 Å². The summed E-state index contributed by atoms with van der Waals surface area (Å²) in [6, 6.07) is 0. The number of hydrogen-bond donors (Lipinski definition) is 2. The van der Waals surface area contributed by atoms with E-state index in [1.807, 2.05) is 10.9 Å². The third kappa shape index (κ3) is 4.75. The van der Waals surface area contributed by atoms with E-state index < -0.39 is 0 Å². The van der Waals surface area contributed by atoms with Crippen molar-refractivity contribution in [2.75, 3.05) is 19.6 Å². The van der Waals surface area contributed by atoms with Crippen LogP contribution in [0.5, 0.6) is 0 Å². The zero-order valence-corrected chi connectivity index (χ0v) is 14.4. The number of aromatic nitrogens is 2. The van der Waals surface area contributed by atoms with Crippen molar-refractivity contribution < 1.29 is 0 Å². The molecule has 0 aliphatic heterocycles. The molecule has 124 valence electrons. The van der Waals surface area contributed by atoms with Gasteiger partial charge in [-0.3, -0.25) is 9.67 Å². The molecule has 0 unspecified atom stereocenters. The van der Waals surface area contributed by atoms with Crippen LogP contribution in [0.15, 0.2) is 17.4 Å². The Kier molecular flexibility index (Phi) is 6.28. The Hall–Kier alpha value is -1.52. The molecule has 0 amide bonds. The fourth-order valence-electron chi connectivity index (χ4n) is 2.93. The Labute approximate surface area is 134 Å². The summed E-state index contributed by atoms with van der Waals surface area (Å²) in [4.78, 5) is 4.80. The van der Waals surface area contributed by atoms with E-state index in [4.69, 9.17) is 4.99 Å². The third-order valence-electron chi connectivity index (χ3n) is 4.70. The molecule has 1 aliphatic carbocycles. The summed E-state index contributed by atoms with van der Waals surface area (Å²) in [6.07, 6.45) is 10.3. The van der Waals surface area contributed by atoms with Crippen LogP contribution in [0.2, 0.25) is 0 Å². The first-order chi connectivity index (χ1) is 10.7. The minimum atomic E-state index is 0.481. The molecule has 0 atom stereocenters. The van der Waals surface area contributed by atoms with Crippen LogP contribution in [-0.4, -0.2) is 35.4 Å². The number of nitrogens with one attached hydrogen (secondary N) is 2. The second kappa shape index (κ2) is 8.20. The van der Waals surface area contributed by atoms with Crippen molar-refractivity contribution in [2.24, 2.45) is 10.4 Å². The predicted molar refractivity (Wildman–Crippen MR) is 92.1 cm³/mol. The zero-order chi connectivity index (χ0) is 15.8. The number of nitrogens with zero attached hydrogens (tertiary/aromatic N) is 3. The molecule has 1 saturated carbocycles. The molecule has 2 rings (SSSR count). The lowest BCUT2D eigenvalue weighted by Gasteiger charge is -2.40. The standard InChI is InChI=1S/C17H31N5/c1-4-17(8-6-9-17)14-20-16(18-5-2)19-10-7-11-22-13-15(3)12-21-22/h12-13H,4-11,14H2,1-3H3,(H2,18,19,20). The highest BCUT2D eigenvalue weighted by Crippen LogP contribution is 2.43. The monoisotopic (exact) mass is 305 g/mol. The SMILES string of the molecule is CCNC(=NCC1(CC)CCC1)NCCCn1cc(C)cn1. The normalized spacial score (nSPS) is 17.1. The van der Waals surface area contributed by atoms with Crippen molar-refractivity contribution in [3.05, 3.63) is 18.0 Å². The maximum Gasteiger partial charge on any atom is 0.191 e. The highest BCUT2D eigenvalue weighted by atomic mass is 15.3. The van der Waals surface area contributed by atoms with E-state index in [0.717, 1.165) is 38.6 Å². The third-order valence-corrected chi connectivity index (χ3v) is 4.70. The molecule has 1 aromatic heterocycles. The Bertz CT molecular complexity index is 468. The van der Waals surface area contributed by atoms with Gasteiger partial charge in [-0.15, -0.1) is 0 Å². The predicted octanol–water partition coefficient (Wildman–Crippen LogP) is 2.72. The van der Waals surface area contributed by atoms with Crippen LogP contribution >= 0.6 is 0 Å². The fourth-order valence-corrected chi connectivity index (χ4v) is 2.93. The van der Waals surface area contributed by atoms with Crippen molar-refractivity contribution in [1.29, 1.82) is 0 Å². The summed E-state index contributed by atoms with van der Waals surface area (Å²) in [7, 11) is 0. The average Bonchev–Trinajstić information content (AvgIpc) is 2.88. The Morgan fingerprint density at radius 3 is 2.73 bits per heavy atom. The molecule has 5 heteroatoms. The first-order valence-electron chi connectivity index (χ1n) is 8.69. The van der Waals surface area contributed by atoms with Gasteiger partial charge in [-0.2, -0.15) is 5.10 Å². The molecule has 1 aliphatic rings. The molecule has 0 saturated heterocycles. The second-order valence-electron chi connectivity index (χ2n) is 6.46. The lowest BCUT2D eigenvalue weighted by atomic mass is 9.67. The lowest BCUT2D eigenvalue weighted by Crippen LogP contribution is -2.40. The minimum Gasteiger partial charge on any atom is -0.357 e. The van der Waals surface area contributed by atoms with Crippen LogP contribution in [0.25, 0.3) is 0 Å². The van der Waals surface area contributed by atoms with Gasteiger partial charge < -0.3 is 10.6 Å². The van der Waals surface area contributed by atoms with Gasteiger partial charge in [0.25, 0.3) is 0 Å². The highest BCUT2D eigenvalue weighted by molar-refractivity contribution is 5.79. The van der Waals surface area contributed by atoms with Crippen LogP contribution in [0.4, 0.5) is 0 Å². The van der Waals surface area contributed by atoms with E-state index in [0.29, 0.717) is 5.41 Å². The summed E-state index contributed by atoms with van der Waals surface area (Å²) in [6.45, 7) is 10.2. The molecule has 0 radical (unpaired) electrons. The van der Waals surface area contributed by atoms with Crippen molar-refractivity contribution in [3.63, 3.8) is 0 Å². The summed E-state index contributed by atoms with van der Waals surface area (Å²) in [5, 5.41) is 11.1. The van der Waals surface area contributed by atoms with E-state index in [9.17, 15) is 0 Å². The summed E-state index contributed by atoms with van der Waals surface area (Å²) < 4.78 is 2.00. The van der Waals surface area contributed by atoms with Crippen molar-refractivity contribution in [1.82, 2.24) is 20.4 Å². The van der Waals surface area contributed by atoms with Crippen molar-refractivity contribution in [2.45, 2.75) is 59.4 Å². The molecule has 1 heterocycles. The summed E-state index contributed by atoms with van der Waals surface area (Å²) in [5.74, 6) is 0.957. The van der Waals surface area contributed by atoms with E-state index in [2.05, 4.69) is 42.7 Å². The first-order valence-corrected chi connectivity index (χ1v) is 8.69. The number of aliphatic imine (C=N–C) groups is 1. The van der Waals surface area contributed by atoms with Gasteiger partial charge in [0.1, 0.15) is 0 Å². The Morgan fingerprint density at radius 2 is 2.18 bits per heavy atom. The molecule has 22 heavy (non-hydrogen) atoms. The van der Waals surface area contributed by atoms with Gasteiger partial charge in [0, 0.05) is 32.4 Å². The van der Waals surface area contributed by atoms with Crippen LogP contribution in [0.1, 0.15) is 51.5 Å². The van der Waals surface area contributed by atoms with Crippen LogP contribution in [0.3, 0.4) is 0 Å². The maximum absolute atomic E-state index is 4.80. The number of rotatable bonds is 8.